The highest BCUT2D eigenvalue weighted by atomic mass is 35.5. The number of amides is 1. The molecule has 1 N–H and O–H groups in total. The van der Waals surface area contributed by atoms with Gasteiger partial charge in [-0.3, -0.25) is 9.59 Å². The van der Waals surface area contributed by atoms with Crippen LogP contribution in [0.25, 0.3) is 5.76 Å². The van der Waals surface area contributed by atoms with E-state index in [1.54, 1.807) is 42.9 Å². The number of ether oxygens (including phenoxy) is 3. The van der Waals surface area contributed by atoms with Gasteiger partial charge in [0.25, 0.3) is 11.7 Å². The number of hydrogen-bond donors (Lipinski definition) is 1. The molecule has 1 saturated heterocycles. The first-order valence-corrected chi connectivity index (χ1v) is 12.2. The third-order valence-electron chi connectivity index (χ3n) is 6.15. The van der Waals surface area contributed by atoms with E-state index in [0.717, 1.165) is 0 Å². The Labute approximate surface area is 219 Å². The highest BCUT2D eigenvalue weighted by molar-refractivity contribution is 6.46. The fraction of sp³-hybridized carbons (Fsp3) is 0.296. The number of imidazole rings is 1. The SMILES string of the molecule is CCOc1ccc(/C(O)=C2/C(=O)C(=O)N(CCCn3ccnc3)C2c2cc(OC)ccc2OC)cc1Cl. The van der Waals surface area contributed by atoms with E-state index >= 15 is 0 Å². The summed E-state index contributed by atoms with van der Waals surface area (Å²) < 4.78 is 18.3. The predicted molar refractivity (Wildman–Crippen MR) is 138 cm³/mol. The summed E-state index contributed by atoms with van der Waals surface area (Å²) in [5.74, 6) is -0.423. The molecule has 1 aliphatic rings. The average Bonchev–Trinajstić information content (AvgIpc) is 3.51. The third-order valence-corrected chi connectivity index (χ3v) is 6.45. The van der Waals surface area contributed by atoms with Crippen LogP contribution in [0.5, 0.6) is 17.2 Å². The van der Waals surface area contributed by atoms with E-state index in [1.165, 1.54) is 25.2 Å². The van der Waals surface area contributed by atoms with Gasteiger partial charge in [0, 0.05) is 36.6 Å². The number of aliphatic hydroxyl groups excluding tert-OH is 1. The van der Waals surface area contributed by atoms with Crippen LogP contribution < -0.4 is 14.2 Å². The zero-order valence-electron chi connectivity index (χ0n) is 20.8. The fourth-order valence-corrected chi connectivity index (χ4v) is 4.64. The maximum atomic E-state index is 13.4. The summed E-state index contributed by atoms with van der Waals surface area (Å²) in [4.78, 5) is 32.1. The molecule has 2 aromatic carbocycles. The van der Waals surface area contributed by atoms with Crippen molar-refractivity contribution in [2.75, 3.05) is 27.4 Å². The van der Waals surface area contributed by atoms with Crippen LogP contribution in [0.3, 0.4) is 0 Å². The molecule has 3 aromatic rings. The molecule has 0 bridgehead atoms. The van der Waals surface area contributed by atoms with Gasteiger partial charge >= 0.3 is 0 Å². The van der Waals surface area contributed by atoms with Crippen molar-refractivity contribution in [2.24, 2.45) is 0 Å². The second-order valence-corrected chi connectivity index (χ2v) is 8.74. The van der Waals surface area contributed by atoms with Crippen LogP contribution in [-0.2, 0) is 16.1 Å². The summed E-state index contributed by atoms with van der Waals surface area (Å²) in [5.41, 5.74) is 0.749. The van der Waals surface area contributed by atoms with Crippen molar-refractivity contribution < 1.29 is 28.9 Å². The number of Topliss-reactive ketones (excluding diaryl/α,β-unsaturated/α-hetero) is 1. The van der Waals surface area contributed by atoms with Gasteiger partial charge in [-0.1, -0.05) is 11.6 Å². The number of halogens is 1. The lowest BCUT2D eigenvalue weighted by molar-refractivity contribution is -0.140. The van der Waals surface area contributed by atoms with Crippen LogP contribution in [0.15, 0.2) is 60.7 Å². The number of carbonyl (C=O) groups is 2. The highest BCUT2D eigenvalue weighted by Gasteiger charge is 2.47. The number of benzene rings is 2. The van der Waals surface area contributed by atoms with Crippen LogP contribution in [-0.4, -0.2) is 58.6 Å². The number of aliphatic hydroxyl groups is 1. The zero-order valence-corrected chi connectivity index (χ0v) is 21.6. The molecule has 4 rings (SSSR count). The van der Waals surface area contributed by atoms with Crippen molar-refractivity contribution in [3.8, 4) is 17.2 Å². The molecule has 1 aliphatic heterocycles. The molecular weight excluding hydrogens is 498 g/mol. The van der Waals surface area contributed by atoms with Crippen molar-refractivity contribution in [1.82, 2.24) is 14.5 Å². The minimum Gasteiger partial charge on any atom is -0.507 e. The van der Waals surface area contributed by atoms with E-state index in [1.807, 2.05) is 17.7 Å². The average molecular weight is 526 g/mol. The standard InChI is InChI=1S/C27H28ClN3O6/c1-4-37-22-8-6-17(14-20(22)28)25(32)23-24(19-15-18(35-2)7-9-21(19)36-3)31(27(34)26(23)33)12-5-11-30-13-10-29-16-30/h6-10,13-16,24,32H,4-5,11-12H2,1-3H3/b25-23-. The second-order valence-electron chi connectivity index (χ2n) is 8.33. The number of ketones is 1. The Bertz CT molecular complexity index is 1320. The van der Waals surface area contributed by atoms with Crippen molar-refractivity contribution in [1.29, 1.82) is 0 Å². The molecule has 0 aliphatic carbocycles. The van der Waals surface area contributed by atoms with Gasteiger partial charge in [-0.25, -0.2) is 4.98 Å². The summed E-state index contributed by atoms with van der Waals surface area (Å²) in [5, 5.41) is 11.6. The van der Waals surface area contributed by atoms with Crippen molar-refractivity contribution in [3.05, 3.63) is 76.8 Å². The summed E-state index contributed by atoms with van der Waals surface area (Å²) in [7, 11) is 3.03. The first-order valence-electron chi connectivity index (χ1n) is 11.8. The maximum absolute atomic E-state index is 13.4. The number of aryl methyl sites for hydroxylation is 1. The predicted octanol–water partition coefficient (Wildman–Crippen LogP) is 4.46. The van der Waals surface area contributed by atoms with E-state index in [2.05, 4.69) is 4.98 Å². The number of aromatic nitrogens is 2. The third kappa shape index (κ3) is 5.27. The Morgan fingerprint density at radius 1 is 1.08 bits per heavy atom. The minimum atomic E-state index is -0.904. The molecule has 0 saturated carbocycles. The van der Waals surface area contributed by atoms with Gasteiger partial charge in [0.1, 0.15) is 23.0 Å². The summed E-state index contributed by atoms with van der Waals surface area (Å²) in [6.45, 7) is 3.11. The van der Waals surface area contributed by atoms with Crippen LogP contribution in [0.2, 0.25) is 5.02 Å². The lowest BCUT2D eigenvalue weighted by Gasteiger charge is -2.27. The molecule has 1 aromatic heterocycles. The molecule has 2 heterocycles. The van der Waals surface area contributed by atoms with Gasteiger partial charge in [0.15, 0.2) is 0 Å². The topological polar surface area (TPSA) is 103 Å². The normalized spacial score (nSPS) is 16.8. The zero-order chi connectivity index (χ0) is 26.5. The van der Waals surface area contributed by atoms with Crippen LogP contribution in [0.4, 0.5) is 0 Å². The van der Waals surface area contributed by atoms with Crippen molar-refractivity contribution in [2.45, 2.75) is 25.9 Å². The van der Waals surface area contributed by atoms with Crippen molar-refractivity contribution >= 4 is 29.1 Å². The summed E-state index contributed by atoms with van der Waals surface area (Å²) >= 11 is 6.35. The Hall–Kier alpha value is -3.98. The number of carbonyl (C=O) groups excluding carboxylic acids is 2. The molecule has 1 unspecified atom stereocenters. The summed E-state index contributed by atoms with van der Waals surface area (Å²) in [6.07, 6.45) is 5.75. The lowest BCUT2D eigenvalue weighted by atomic mass is 9.94. The number of hydrogen-bond acceptors (Lipinski definition) is 7. The first-order chi connectivity index (χ1) is 17.9. The lowest BCUT2D eigenvalue weighted by Crippen LogP contribution is -2.31. The van der Waals surface area contributed by atoms with Gasteiger partial charge in [-0.15, -0.1) is 0 Å². The fourth-order valence-electron chi connectivity index (χ4n) is 4.41. The number of nitrogens with zero attached hydrogens (tertiary/aromatic N) is 3. The van der Waals surface area contributed by atoms with Gasteiger partial charge in [-0.2, -0.15) is 0 Å². The Kier molecular flexibility index (Phi) is 8.03. The molecule has 1 fully saturated rings. The van der Waals surface area contributed by atoms with Crippen molar-refractivity contribution in [3.63, 3.8) is 0 Å². The van der Waals surface area contributed by atoms with E-state index < -0.39 is 17.7 Å². The van der Waals surface area contributed by atoms with Gasteiger partial charge < -0.3 is 28.8 Å². The van der Waals surface area contributed by atoms with Gasteiger partial charge in [0.05, 0.1) is 43.8 Å². The van der Waals surface area contributed by atoms with E-state index in [4.69, 9.17) is 25.8 Å². The molecule has 0 radical (unpaired) electrons. The van der Waals surface area contributed by atoms with Gasteiger partial charge in [-0.05, 0) is 49.7 Å². The van der Waals surface area contributed by atoms with E-state index in [-0.39, 0.29) is 28.5 Å². The first kappa shape index (κ1) is 26.1. The Balaban J connectivity index is 1.81. The Morgan fingerprint density at radius 3 is 2.51 bits per heavy atom. The summed E-state index contributed by atoms with van der Waals surface area (Å²) in [6, 6.07) is 8.94. The Morgan fingerprint density at radius 2 is 1.86 bits per heavy atom. The molecule has 10 heteroatoms. The molecule has 37 heavy (non-hydrogen) atoms. The maximum Gasteiger partial charge on any atom is 0.295 e. The van der Waals surface area contributed by atoms with Crippen LogP contribution in [0, 0.1) is 0 Å². The monoisotopic (exact) mass is 525 g/mol. The molecule has 1 atom stereocenters. The molecule has 194 valence electrons. The number of likely N-dealkylation sites (tertiary alicyclic amines) is 1. The van der Waals surface area contributed by atoms with Gasteiger partial charge in [0.2, 0.25) is 0 Å². The molecule has 1 amide bonds. The van der Waals surface area contributed by atoms with E-state index in [9.17, 15) is 14.7 Å². The quantitative estimate of drug-likeness (QED) is 0.237. The highest BCUT2D eigenvalue weighted by Crippen LogP contribution is 2.44. The van der Waals surface area contributed by atoms with Crippen LogP contribution in [0.1, 0.15) is 30.5 Å². The number of rotatable bonds is 10. The van der Waals surface area contributed by atoms with Crippen LogP contribution >= 0.6 is 11.6 Å². The largest absolute Gasteiger partial charge is 0.507 e. The molecule has 0 spiro atoms. The molecular formula is C27H28ClN3O6. The van der Waals surface area contributed by atoms with E-state index in [0.29, 0.717) is 42.4 Å². The smallest absolute Gasteiger partial charge is 0.295 e. The number of methoxy groups -OCH3 is 2. The minimum absolute atomic E-state index is 0.0561. The molecule has 9 nitrogen and oxygen atoms in total. The second kappa shape index (κ2) is 11.4.